The van der Waals surface area contributed by atoms with E-state index in [4.69, 9.17) is 9.47 Å². The van der Waals surface area contributed by atoms with E-state index in [1.165, 1.54) is 7.11 Å². The van der Waals surface area contributed by atoms with E-state index in [9.17, 15) is 14.4 Å². The van der Waals surface area contributed by atoms with Gasteiger partial charge in [0.25, 0.3) is 11.8 Å². The lowest BCUT2D eigenvalue weighted by molar-refractivity contribution is -0.147. The number of nitrogens with one attached hydrogen (secondary N) is 1. The first kappa shape index (κ1) is 18.2. The lowest BCUT2D eigenvalue weighted by Gasteiger charge is -2.09. The molecule has 6 heteroatoms. The fraction of sp³-hybridized carbons (Fsp3) is 0.211. The normalized spacial score (nSPS) is 10.0. The third-order valence-corrected chi connectivity index (χ3v) is 3.42. The number of benzene rings is 2. The van der Waals surface area contributed by atoms with Crippen LogP contribution in [0.2, 0.25) is 0 Å². The number of carbonyl (C=O) groups excluding carboxylic acids is 3. The summed E-state index contributed by atoms with van der Waals surface area (Å²) in [6, 6.07) is 13.8. The monoisotopic (exact) mass is 341 g/mol. The third-order valence-electron chi connectivity index (χ3n) is 3.42. The van der Waals surface area contributed by atoms with Crippen LogP contribution in [0.3, 0.4) is 0 Å². The number of methoxy groups -OCH3 is 1. The van der Waals surface area contributed by atoms with Crippen molar-refractivity contribution in [2.45, 2.75) is 13.3 Å². The van der Waals surface area contributed by atoms with Crippen molar-refractivity contribution in [3.63, 3.8) is 0 Å². The van der Waals surface area contributed by atoms with E-state index < -0.39 is 24.4 Å². The summed E-state index contributed by atoms with van der Waals surface area (Å²) in [4.78, 5) is 35.5. The van der Waals surface area contributed by atoms with Gasteiger partial charge in [0.15, 0.2) is 6.61 Å². The summed E-state index contributed by atoms with van der Waals surface area (Å²) < 4.78 is 10.1. The topological polar surface area (TPSA) is 81.7 Å². The minimum absolute atomic E-state index is 0.0231. The standard InChI is InChI=1S/C19H19NO5/c1-13-8-9-16(24-2)15(10-13)11-18(22)25-12-17(21)20-19(23)14-6-4-3-5-7-14/h3-10H,11-12H2,1-2H3,(H,20,21,23). The van der Waals surface area contributed by atoms with E-state index >= 15 is 0 Å². The van der Waals surface area contributed by atoms with Gasteiger partial charge in [-0.1, -0.05) is 35.9 Å². The van der Waals surface area contributed by atoms with Crippen molar-refractivity contribution in [3.8, 4) is 5.75 Å². The molecular formula is C19H19NO5. The highest BCUT2D eigenvalue weighted by Gasteiger charge is 2.14. The number of rotatable bonds is 6. The van der Waals surface area contributed by atoms with Crippen LogP contribution in [-0.4, -0.2) is 31.5 Å². The Kier molecular flexibility index (Phi) is 6.28. The Morgan fingerprint density at radius 1 is 1.04 bits per heavy atom. The summed E-state index contributed by atoms with van der Waals surface area (Å²) in [7, 11) is 1.52. The zero-order valence-electron chi connectivity index (χ0n) is 14.1. The van der Waals surface area contributed by atoms with E-state index in [1.54, 1.807) is 36.4 Å². The molecule has 0 bridgehead atoms. The lowest BCUT2D eigenvalue weighted by atomic mass is 10.1. The maximum Gasteiger partial charge on any atom is 0.310 e. The molecule has 0 fully saturated rings. The van der Waals surface area contributed by atoms with Crippen molar-refractivity contribution in [1.29, 1.82) is 0 Å². The van der Waals surface area contributed by atoms with Crippen LogP contribution in [0.5, 0.6) is 5.75 Å². The number of amides is 2. The van der Waals surface area contributed by atoms with Crippen LogP contribution in [0.25, 0.3) is 0 Å². The number of carbonyl (C=O) groups is 3. The molecule has 0 aliphatic carbocycles. The Labute approximate surface area is 145 Å². The molecule has 1 N–H and O–H groups in total. The molecule has 130 valence electrons. The summed E-state index contributed by atoms with van der Waals surface area (Å²) in [5.41, 5.74) is 2.01. The van der Waals surface area contributed by atoms with Gasteiger partial charge in [-0.15, -0.1) is 0 Å². The van der Waals surface area contributed by atoms with E-state index in [-0.39, 0.29) is 6.42 Å². The van der Waals surface area contributed by atoms with E-state index in [2.05, 4.69) is 5.32 Å². The summed E-state index contributed by atoms with van der Waals surface area (Å²) in [6.45, 7) is 1.38. The second-order valence-electron chi connectivity index (χ2n) is 5.40. The van der Waals surface area contributed by atoms with Crippen molar-refractivity contribution >= 4 is 17.8 Å². The fourth-order valence-corrected chi connectivity index (χ4v) is 2.22. The summed E-state index contributed by atoms with van der Waals surface area (Å²) in [6.07, 6.45) is -0.0231. The minimum atomic E-state index is -0.682. The van der Waals surface area contributed by atoms with Gasteiger partial charge in [-0.05, 0) is 25.1 Å². The summed E-state index contributed by atoms with van der Waals surface area (Å²) in [5, 5.41) is 2.17. The highest BCUT2D eigenvalue weighted by atomic mass is 16.5. The Morgan fingerprint density at radius 2 is 1.76 bits per heavy atom. The molecule has 0 atom stereocenters. The third kappa shape index (κ3) is 5.46. The Bertz CT molecular complexity index is 771. The van der Waals surface area contributed by atoms with Crippen molar-refractivity contribution in [3.05, 3.63) is 65.2 Å². The van der Waals surface area contributed by atoms with Gasteiger partial charge in [0.2, 0.25) is 0 Å². The quantitative estimate of drug-likeness (QED) is 0.813. The molecule has 0 aromatic heterocycles. The van der Waals surface area contributed by atoms with Gasteiger partial charge in [-0.25, -0.2) is 0 Å². The van der Waals surface area contributed by atoms with E-state index in [1.807, 2.05) is 19.1 Å². The number of hydrogen-bond donors (Lipinski definition) is 1. The molecule has 0 aliphatic rings. The smallest absolute Gasteiger partial charge is 0.310 e. The van der Waals surface area contributed by atoms with Gasteiger partial charge in [-0.2, -0.15) is 0 Å². The molecule has 0 aliphatic heterocycles. The predicted molar refractivity (Wildman–Crippen MR) is 91.3 cm³/mol. The van der Waals surface area contributed by atoms with Crippen LogP contribution in [-0.2, 0) is 20.7 Å². The van der Waals surface area contributed by atoms with Crippen molar-refractivity contribution in [2.75, 3.05) is 13.7 Å². The summed E-state index contributed by atoms with van der Waals surface area (Å²) >= 11 is 0. The van der Waals surface area contributed by atoms with Gasteiger partial charge in [0, 0.05) is 11.1 Å². The maximum atomic E-state index is 11.9. The number of esters is 1. The molecule has 2 rings (SSSR count). The zero-order chi connectivity index (χ0) is 18.2. The molecule has 0 radical (unpaired) electrons. The number of ether oxygens (including phenoxy) is 2. The van der Waals surface area contributed by atoms with Crippen LogP contribution >= 0.6 is 0 Å². The molecular weight excluding hydrogens is 322 g/mol. The molecule has 0 heterocycles. The second kappa shape index (κ2) is 8.63. The van der Waals surface area contributed by atoms with Gasteiger partial charge in [-0.3, -0.25) is 19.7 Å². The molecule has 0 saturated carbocycles. The largest absolute Gasteiger partial charge is 0.496 e. The molecule has 0 unspecified atom stereocenters. The van der Waals surface area contributed by atoms with Gasteiger partial charge >= 0.3 is 5.97 Å². The molecule has 2 aromatic rings. The average Bonchev–Trinajstić information content (AvgIpc) is 2.61. The molecule has 6 nitrogen and oxygen atoms in total. The van der Waals surface area contributed by atoms with Gasteiger partial charge in [0.1, 0.15) is 5.75 Å². The Hall–Kier alpha value is -3.15. The molecule has 25 heavy (non-hydrogen) atoms. The van der Waals surface area contributed by atoms with Crippen molar-refractivity contribution < 1.29 is 23.9 Å². The maximum absolute atomic E-state index is 11.9. The van der Waals surface area contributed by atoms with Crippen LogP contribution in [0.4, 0.5) is 0 Å². The molecule has 2 aromatic carbocycles. The Morgan fingerprint density at radius 3 is 2.44 bits per heavy atom. The number of hydrogen-bond acceptors (Lipinski definition) is 5. The average molecular weight is 341 g/mol. The van der Waals surface area contributed by atoms with Crippen LogP contribution in [0.15, 0.2) is 48.5 Å². The first-order chi connectivity index (χ1) is 12.0. The van der Waals surface area contributed by atoms with Crippen molar-refractivity contribution in [2.24, 2.45) is 0 Å². The summed E-state index contributed by atoms with van der Waals surface area (Å²) in [5.74, 6) is -1.22. The SMILES string of the molecule is COc1ccc(C)cc1CC(=O)OCC(=O)NC(=O)c1ccccc1. The van der Waals surface area contributed by atoms with Gasteiger partial charge < -0.3 is 9.47 Å². The van der Waals surface area contributed by atoms with Crippen LogP contribution < -0.4 is 10.1 Å². The number of aryl methyl sites for hydroxylation is 1. The first-order valence-corrected chi connectivity index (χ1v) is 7.68. The van der Waals surface area contributed by atoms with E-state index in [0.717, 1.165) is 5.56 Å². The van der Waals surface area contributed by atoms with Gasteiger partial charge in [0.05, 0.1) is 13.5 Å². The van der Waals surface area contributed by atoms with E-state index in [0.29, 0.717) is 16.9 Å². The first-order valence-electron chi connectivity index (χ1n) is 7.68. The second-order valence-corrected chi connectivity index (χ2v) is 5.40. The molecule has 2 amide bonds. The fourth-order valence-electron chi connectivity index (χ4n) is 2.22. The molecule has 0 spiro atoms. The number of imide groups is 1. The van der Waals surface area contributed by atoms with Crippen LogP contribution in [0, 0.1) is 6.92 Å². The Balaban J connectivity index is 1.85. The lowest BCUT2D eigenvalue weighted by Crippen LogP contribution is -2.34. The van der Waals surface area contributed by atoms with Crippen molar-refractivity contribution in [1.82, 2.24) is 5.32 Å². The minimum Gasteiger partial charge on any atom is -0.496 e. The van der Waals surface area contributed by atoms with Crippen LogP contribution in [0.1, 0.15) is 21.5 Å². The highest BCUT2D eigenvalue weighted by molar-refractivity contribution is 6.05. The highest BCUT2D eigenvalue weighted by Crippen LogP contribution is 2.20. The molecule has 0 saturated heterocycles. The zero-order valence-corrected chi connectivity index (χ0v) is 14.1. The predicted octanol–water partition coefficient (Wildman–Crippen LogP) is 2.05.